The van der Waals surface area contributed by atoms with Crippen LogP contribution in [-0.4, -0.2) is 30.4 Å². The number of nitrogens with one attached hydrogen (secondary N) is 2. The van der Waals surface area contributed by atoms with Crippen molar-refractivity contribution < 1.29 is 19.1 Å². The average molecular weight is 395 g/mol. The molecule has 0 bridgehead atoms. The lowest BCUT2D eigenvalue weighted by atomic mass is 10.0. The van der Waals surface area contributed by atoms with Crippen LogP contribution < -0.4 is 10.6 Å². The normalized spacial score (nSPS) is 11.7. The topological polar surface area (TPSA) is 84.5 Å². The molecular weight excluding hydrogens is 376 g/mol. The van der Waals surface area contributed by atoms with E-state index in [1.807, 2.05) is 0 Å². The molecule has 0 fully saturated rings. The molecule has 1 atom stereocenters. The average Bonchev–Trinajstić information content (AvgIpc) is 3.14. The van der Waals surface area contributed by atoms with E-state index in [9.17, 15) is 14.4 Å². The minimum Gasteiger partial charge on any atom is -0.454 e. The summed E-state index contributed by atoms with van der Waals surface area (Å²) in [7, 11) is 0. The van der Waals surface area contributed by atoms with Gasteiger partial charge >= 0.3 is 5.97 Å². The molecule has 0 unspecified atom stereocenters. The predicted octanol–water partition coefficient (Wildman–Crippen LogP) is 3.34. The second kappa shape index (κ2) is 9.35. The van der Waals surface area contributed by atoms with Crippen molar-refractivity contribution in [3.8, 4) is 0 Å². The molecule has 1 aromatic carbocycles. The first-order valence-electron chi connectivity index (χ1n) is 7.94. The number of benzene rings is 1. The molecule has 0 aliphatic rings. The predicted molar refractivity (Wildman–Crippen MR) is 101 cm³/mol. The van der Waals surface area contributed by atoms with Crippen molar-refractivity contribution in [3.05, 3.63) is 51.7 Å². The van der Waals surface area contributed by atoms with Crippen molar-refractivity contribution in [2.45, 2.75) is 19.9 Å². The summed E-state index contributed by atoms with van der Waals surface area (Å²) in [5.41, 5.74) is 0.432. The number of carbonyl (C=O) groups excluding carboxylic acids is 3. The Morgan fingerprint density at radius 2 is 1.88 bits per heavy atom. The van der Waals surface area contributed by atoms with Crippen LogP contribution in [0.4, 0.5) is 5.69 Å². The molecule has 138 valence electrons. The Labute approximate surface area is 160 Å². The zero-order valence-electron chi connectivity index (χ0n) is 14.3. The quantitative estimate of drug-likeness (QED) is 0.705. The zero-order valence-corrected chi connectivity index (χ0v) is 15.9. The summed E-state index contributed by atoms with van der Waals surface area (Å²) < 4.78 is 5.05. The third-order valence-electron chi connectivity index (χ3n) is 3.45. The summed E-state index contributed by atoms with van der Waals surface area (Å²) in [5, 5.41) is 7.37. The molecule has 2 rings (SSSR count). The first-order chi connectivity index (χ1) is 12.4. The molecule has 2 aromatic rings. The Bertz CT molecular complexity index is 777. The molecule has 0 aliphatic heterocycles. The Morgan fingerprint density at radius 1 is 1.15 bits per heavy atom. The van der Waals surface area contributed by atoms with Crippen molar-refractivity contribution in [3.63, 3.8) is 0 Å². The highest BCUT2D eigenvalue weighted by molar-refractivity contribution is 7.12. The van der Waals surface area contributed by atoms with Crippen molar-refractivity contribution >= 4 is 46.4 Å². The van der Waals surface area contributed by atoms with Gasteiger partial charge in [-0.25, -0.2) is 4.79 Å². The monoisotopic (exact) mass is 394 g/mol. The summed E-state index contributed by atoms with van der Waals surface area (Å²) in [5.74, 6) is -1.73. The number of para-hydroxylation sites is 1. The second-order valence-corrected chi connectivity index (χ2v) is 7.16. The van der Waals surface area contributed by atoms with Crippen molar-refractivity contribution in [1.82, 2.24) is 5.32 Å². The van der Waals surface area contributed by atoms with E-state index in [1.54, 1.807) is 55.6 Å². The number of esters is 1. The lowest BCUT2D eigenvalue weighted by molar-refractivity contribution is -0.150. The van der Waals surface area contributed by atoms with E-state index in [0.29, 0.717) is 15.6 Å². The van der Waals surface area contributed by atoms with E-state index in [2.05, 4.69) is 10.6 Å². The number of rotatable bonds is 7. The molecular formula is C18H19ClN2O4S. The van der Waals surface area contributed by atoms with E-state index in [4.69, 9.17) is 16.3 Å². The Morgan fingerprint density at radius 3 is 2.50 bits per heavy atom. The van der Waals surface area contributed by atoms with Crippen LogP contribution in [0.3, 0.4) is 0 Å². The molecule has 1 aromatic heterocycles. The highest BCUT2D eigenvalue weighted by Gasteiger charge is 2.27. The Hall–Kier alpha value is -2.38. The van der Waals surface area contributed by atoms with Gasteiger partial charge < -0.3 is 15.4 Å². The van der Waals surface area contributed by atoms with E-state index in [1.165, 1.54) is 11.3 Å². The molecule has 0 radical (unpaired) electrons. The van der Waals surface area contributed by atoms with Crippen LogP contribution in [0, 0.1) is 5.92 Å². The molecule has 2 N–H and O–H groups in total. The van der Waals surface area contributed by atoms with Gasteiger partial charge in [-0.3, -0.25) is 9.59 Å². The highest BCUT2D eigenvalue weighted by atomic mass is 35.5. The van der Waals surface area contributed by atoms with Crippen molar-refractivity contribution in [1.29, 1.82) is 0 Å². The number of hydrogen-bond acceptors (Lipinski definition) is 5. The van der Waals surface area contributed by atoms with Crippen LogP contribution in [-0.2, 0) is 14.3 Å². The van der Waals surface area contributed by atoms with Gasteiger partial charge in [-0.05, 0) is 29.5 Å². The number of ether oxygens (including phenoxy) is 1. The molecule has 0 saturated carbocycles. The van der Waals surface area contributed by atoms with E-state index >= 15 is 0 Å². The molecule has 8 heteroatoms. The van der Waals surface area contributed by atoms with Crippen LogP contribution in [0.25, 0.3) is 0 Å². The van der Waals surface area contributed by atoms with Crippen LogP contribution in [0.1, 0.15) is 23.5 Å². The van der Waals surface area contributed by atoms with Gasteiger partial charge in [-0.15, -0.1) is 11.3 Å². The maximum atomic E-state index is 12.3. The smallest absolute Gasteiger partial charge is 0.329 e. The van der Waals surface area contributed by atoms with E-state index in [-0.39, 0.29) is 11.8 Å². The van der Waals surface area contributed by atoms with Gasteiger partial charge in [-0.1, -0.05) is 43.6 Å². The third-order valence-corrected chi connectivity index (χ3v) is 4.64. The van der Waals surface area contributed by atoms with Crippen LogP contribution in [0.5, 0.6) is 0 Å². The van der Waals surface area contributed by atoms with Crippen molar-refractivity contribution in [2.75, 3.05) is 11.9 Å². The summed E-state index contributed by atoms with van der Waals surface area (Å²) in [4.78, 5) is 36.9. The number of anilines is 1. The number of carbonyl (C=O) groups is 3. The van der Waals surface area contributed by atoms with Crippen LogP contribution in [0.15, 0.2) is 41.8 Å². The summed E-state index contributed by atoms with van der Waals surface area (Å²) in [6.45, 7) is 3.09. The second-order valence-electron chi connectivity index (χ2n) is 5.81. The molecule has 6 nitrogen and oxygen atoms in total. The molecule has 0 saturated heterocycles. The molecule has 0 aliphatic carbocycles. The van der Waals surface area contributed by atoms with Gasteiger partial charge in [0.2, 0.25) is 0 Å². The third kappa shape index (κ3) is 5.57. The number of hydrogen-bond donors (Lipinski definition) is 2. The first-order valence-corrected chi connectivity index (χ1v) is 9.19. The molecule has 26 heavy (non-hydrogen) atoms. The lowest BCUT2D eigenvalue weighted by Gasteiger charge is -2.20. The Kier molecular flexibility index (Phi) is 7.17. The fraction of sp³-hybridized carbons (Fsp3) is 0.278. The van der Waals surface area contributed by atoms with Gasteiger partial charge in [0.05, 0.1) is 15.6 Å². The number of thiophene rings is 1. The minimum absolute atomic E-state index is 0.196. The van der Waals surface area contributed by atoms with Crippen LogP contribution in [0.2, 0.25) is 5.02 Å². The lowest BCUT2D eigenvalue weighted by Crippen LogP contribution is -2.45. The fourth-order valence-electron chi connectivity index (χ4n) is 2.09. The number of halogens is 1. The van der Waals surface area contributed by atoms with Gasteiger partial charge in [0.1, 0.15) is 6.04 Å². The van der Waals surface area contributed by atoms with Gasteiger partial charge in [0.15, 0.2) is 6.61 Å². The maximum absolute atomic E-state index is 12.3. The standard InChI is InChI=1S/C18H19ClN2O4S/c1-11(2)16(21-17(23)14-8-5-9-26-14)18(24)25-10-15(22)20-13-7-4-3-6-12(13)19/h3-9,11,16H,10H2,1-2H3,(H,20,22)(H,21,23)/t16-/m0/s1. The summed E-state index contributed by atoms with van der Waals surface area (Å²) in [6.07, 6.45) is 0. The van der Waals surface area contributed by atoms with Crippen LogP contribution >= 0.6 is 22.9 Å². The van der Waals surface area contributed by atoms with Gasteiger partial charge in [0, 0.05) is 0 Å². The zero-order chi connectivity index (χ0) is 19.1. The van der Waals surface area contributed by atoms with Crippen molar-refractivity contribution in [2.24, 2.45) is 5.92 Å². The largest absolute Gasteiger partial charge is 0.454 e. The van der Waals surface area contributed by atoms with E-state index in [0.717, 1.165) is 0 Å². The molecule has 2 amide bonds. The molecule has 1 heterocycles. The summed E-state index contributed by atoms with van der Waals surface area (Å²) in [6, 6.07) is 9.31. The van der Waals surface area contributed by atoms with Gasteiger partial charge in [-0.2, -0.15) is 0 Å². The van der Waals surface area contributed by atoms with Gasteiger partial charge in [0.25, 0.3) is 11.8 Å². The Balaban J connectivity index is 1.90. The molecule has 0 spiro atoms. The number of amides is 2. The maximum Gasteiger partial charge on any atom is 0.329 e. The highest BCUT2D eigenvalue weighted by Crippen LogP contribution is 2.20. The minimum atomic E-state index is -0.849. The SMILES string of the molecule is CC(C)[C@H](NC(=O)c1cccs1)C(=O)OCC(=O)Nc1ccccc1Cl. The first kappa shape index (κ1) is 19.9. The summed E-state index contributed by atoms with van der Waals surface area (Å²) >= 11 is 7.24. The van der Waals surface area contributed by atoms with E-state index < -0.39 is 24.5 Å². The fourth-order valence-corrected chi connectivity index (χ4v) is 2.90.